The Hall–Kier alpha value is -1.43. The van der Waals surface area contributed by atoms with Gasteiger partial charge in [-0.3, -0.25) is 0 Å². The lowest BCUT2D eigenvalue weighted by Crippen LogP contribution is -2.38. The predicted molar refractivity (Wildman–Crippen MR) is 107 cm³/mol. The molecule has 141 valence electrons. The highest BCUT2D eigenvalue weighted by atomic mass is 79.9. The van der Waals surface area contributed by atoms with Crippen molar-refractivity contribution in [1.29, 1.82) is 0 Å². The second-order valence-corrected chi connectivity index (χ2v) is 8.45. The number of imidazole rings is 1. The van der Waals surface area contributed by atoms with Crippen LogP contribution in [0.2, 0.25) is 0 Å². The molecule has 27 heavy (non-hydrogen) atoms. The molecule has 2 unspecified atom stereocenters. The third kappa shape index (κ3) is 5.30. The Morgan fingerprint density at radius 3 is 2.89 bits per heavy atom. The van der Waals surface area contributed by atoms with Gasteiger partial charge in [0, 0.05) is 29.0 Å². The fraction of sp³-hybridized carbons (Fsp3) is 0.450. The molecule has 0 aliphatic carbocycles. The van der Waals surface area contributed by atoms with E-state index in [1.165, 1.54) is 0 Å². The smallest absolute Gasteiger partial charge is 0.158 e. The van der Waals surface area contributed by atoms with Gasteiger partial charge in [-0.05, 0) is 50.5 Å². The molecule has 3 radical (unpaired) electrons. The van der Waals surface area contributed by atoms with Gasteiger partial charge in [-0.15, -0.1) is 0 Å². The lowest BCUT2D eigenvalue weighted by Gasteiger charge is -2.33. The Morgan fingerprint density at radius 2 is 2.22 bits per heavy atom. The van der Waals surface area contributed by atoms with Crippen molar-refractivity contribution in [3.8, 4) is 11.8 Å². The molecule has 1 saturated heterocycles. The van der Waals surface area contributed by atoms with E-state index in [1.54, 1.807) is 12.4 Å². The van der Waals surface area contributed by atoms with E-state index in [0.717, 1.165) is 29.3 Å². The maximum absolute atomic E-state index is 9.89. The molecule has 0 saturated carbocycles. The van der Waals surface area contributed by atoms with E-state index in [-0.39, 0.29) is 12.9 Å². The van der Waals surface area contributed by atoms with Crippen LogP contribution in [0.25, 0.3) is 0 Å². The average Bonchev–Trinajstić information content (AvgIpc) is 3.15. The van der Waals surface area contributed by atoms with Crippen molar-refractivity contribution in [3.05, 3.63) is 52.5 Å². The van der Waals surface area contributed by atoms with E-state index in [2.05, 4.69) is 43.0 Å². The first kappa shape index (κ1) is 20.3. The monoisotopic (exact) mass is 445 g/mol. The fourth-order valence-electron chi connectivity index (χ4n) is 2.96. The number of hydrogen-bond donors (Lipinski definition) is 1. The van der Waals surface area contributed by atoms with Crippen molar-refractivity contribution in [2.24, 2.45) is 0 Å². The Bertz CT molecular complexity index is 805. The van der Waals surface area contributed by atoms with Crippen LogP contribution >= 0.6 is 15.9 Å². The van der Waals surface area contributed by atoms with Crippen LogP contribution in [-0.4, -0.2) is 44.4 Å². The summed E-state index contributed by atoms with van der Waals surface area (Å²) in [4.78, 5) is 4.44. The van der Waals surface area contributed by atoms with E-state index in [4.69, 9.17) is 9.47 Å². The lowest BCUT2D eigenvalue weighted by molar-refractivity contribution is -0.202. The molecule has 2 aromatic rings. The number of rotatable bonds is 5. The van der Waals surface area contributed by atoms with Crippen molar-refractivity contribution in [3.63, 3.8) is 0 Å². The first-order valence-corrected chi connectivity index (χ1v) is 10.2. The van der Waals surface area contributed by atoms with Gasteiger partial charge in [-0.25, -0.2) is 4.98 Å². The highest BCUT2D eigenvalue weighted by Crippen LogP contribution is 2.27. The van der Waals surface area contributed by atoms with Crippen LogP contribution in [-0.2, 0) is 14.7 Å². The van der Waals surface area contributed by atoms with Crippen molar-refractivity contribution in [1.82, 2.24) is 9.55 Å². The maximum Gasteiger partial charge on any atom is 0.158 e. The van der Waals surface area contributed by atoms with E-state index in [9.17, 15) is 5.11 Å². The Balaban J connectivity index is 1.80. The van der Waals surface area contributed by atoms with Crippen LogP contribution in [0.1, 0.15) is 43.6 Å². The van der Waals surface area contributed by atoms with Crippen LogP contribution < -0.4 is 0 Å². The highest BCUT2D eigenvalue weighted by molar-refractivity contribution is 9.10. The lowest BCUT2D eigenvalue weighted by atomic mass is 10.2. The van der Waals surface area contributed by atoms with E-state index in [0.29, 0.717) is 12.4 Å². The van der Waals surface area contributed by atoms with Crippen LogP contribution in [0.15, 0.2) is 41.1 Å². The number of aliphatic hydroxyl groups is 1. The number of benzene rings is 1. The van der Waals surface area contributed by atoms with Crippen molar-refractivity contribution >= 4 is 26.2 Å². The van der Waals surface area contributed by atoms with Crippen LogP contribution in [0, 0.1) is 11.8 Å². The number of hydrogen-bond acceptors (Lipinski definition) is 4. The molecular formula is C20H22BrN2O3Si. The molecule has 0 bridgehead atoms. The largest absolute Gasteiger partial charge is 0.393 e. The first-order valence-electron chi connectivity index (χ1n) is 8.95. The summed E-state index contributed by atoms with van der Waals surface area (Å²) < 4.78 is 14.6. The quantitative estimate of drug-likeness (QED) is 0.567. The van der Waals surface area contributed by atoms with Gasteiger partial charge >= 0.3 is 0 Å². The molecule has 7 heteroatoms. The molecule has 5 nitrogen and oxygen atoms in total. The van der Waals surface area contributed by atoms with Crippen molar-refractivity contribution < 1.29 is 14.6 Å². The zero-order valence-electron chi connectivity index (χ0n) is 15.2. The summed E-state index contributed by atoms with van der Waals surface area (Å²) in [5, 5.41) is 9.04. The van der Waals surface area contributed by atoms with Gasteiger partial charge < -0.3 is 19.1 Å². The third-order valence-electron chi connectivity index (χ3n) is 4.34. The van der Waals surface area contributed by atoms with Gasteiger partial charge in [0.25, 0.3) is 0 Å². The summed E-state index contributed by atoms with van der Waals surface area (Å²) in [6.45, 7) is 2.46. The second-order valence-electron chi connectivity index (χ2n) is 6.58. The summed E-state index contributed by atoms with van der Waals surface area (Å²) in [5.74, 6) is 6.87. The van der Waals surface area contributed by atoms with Gasteiger partial charge in [0.1, 0.15) is 17.1 Å². The Labute approximate surface area is 171 Å². The molecule has 1 aliphatic heterocycles. The highest BCUT2D eigenvalue weighted by Gasteiger charge is 2.32. The molecular weight excluding hydrogens is 424 g/mol. The normalized spacial score (nSPS) is 20.4. The number of aliphatic hydroxyl groups excluding tert-OH is 1. The minimum Gasteiger partial charge on any atom is -0.393 e. The van der Waals surface area contributed by atoms with Gasteiger partial charge in [0.05, 0.1) is 16.8 Å². The molecule has 0 spiro atoms. The van der Waals surface area contributed by atoms with Gasteiger partial charge in [0.2, 0.25) is 0 Å². The van der Waals surface area contributed by atoms with Crippen LogP contribution in [0.4, 0.5) is 0 Å². The third-order valence-corrected chi connectivity index (χ3v) is 5.21. The average molecular weight is 446 g/mol. The standard InChI is InChI=1S/C20H22BrN2O3Si/c1-20(27,26-18-4-2-3-13-25-18)19-22-11-12-23(19)17(14-24)10-7-15-5-8-16(21)9-6-15/h5-6,8-9,11-12,17-18,24H,2-4,13-14H2,1H3/t17?,18?,20-/m0/s1. The molecule has 3 atom stereocenters. The van der Waals surface area contributed by atoms with Crippen molar-refractivity contribution in [2.45, 2.75) is 43.7 Å². The van der Waals surface area contributed by atoms with Gasteiger partial charge in [0.15, 0.2) is 6.29 Å². The summed E-state index contributed by atoms with van der Waals surface area (Å²) >= 11 is 3.41. The summed E-state index contributed by atoms with van der Waals surface area (Å²) in [7, 11) is 3.70. The molecule has 1 aliphatic rings. The summed E-state index contributed by atoms with van der Waals surface area (Å²) in [6, 6.07) is 7.30. The molecule has 1 aromatic carbocycles. The number of nitrogens with zero attached hydrogens (tertiary/aromatic N) is 2. The minimum atomic E-state index is -0.849. The molecule has 1 aromatic heterocycles. The molecule has 0 amide bonds. The predicted octanol–water partition coefficient (Wildman–Crippen LogP) is 3.12. The minimum absolute atomic E-state index is 0.130. The topological polar surface area (TPSA) is 56.5 Å². The summed E-state index contributed by atoms with van der Waals surface area (Å²) in [5.41, 5.74) is 0.881. The zero-order chi connectivity index (χ0) is 19.3. The number of ether oxygens (including phenoxy) is 2. The van der Waals surface area contributed by atoms with Crippen LogP contribution in [0.3, 0.4) is 0 Å². The van der Waals surface area contributed by atoms with E-state index < -0.39 is 11.3 Å². The SMILES string of the molecule is C[C@@]([Si])(OC1CCCCO1)c1nccn1C(C#Cc1ccc(Br)cc1)CO. The maximum atomic E-state index is 9.89. The number of aromatic nitrogens is 2. The summed E-state index contributed by atoms with van der Waals surface area (Å²) in [6.07, 6.45) is 6.21. The molecule has 2 heterocycles. The van der Waals surface area contributed by atoms with Gasteiger partial charge in [-0.1, -0.05) is 27.8 Å². The second kappa shape index (κ2) is 9.17. The number of halogens is 1. The van der Waals surface area contributed by atoms with Crippen LogP contribution in [0.5, 0.6) is 0 Å². The zero-order valence-corrected chi connectivity index (χ0v) is 17.8. The van der Waals surface area contributed by atoms with E-state index >= 15 is 0 Å². The molecule has 3 rings (SSSR count). The van der Waals surface area contributed by atoms with Gasteiger partial charge in [-0.2, -0.15) is 0 Å². The molecule has 1 fully saturated rings. The Kier molecular flexibility index (Phi) is 6.90. The van der Waals surface area contributed by atoms with Crippen molar-refractivity contribution in [2.75, 3.05) is 13.2 Å². The first-order chi connectivity index (χ1) is 13.0. The fourth-order valence-corrected chi connectivity index (χ4v) is 3.55. The Morgan fingerprint density at radius 1 is 1.44 bits per heavy atom. The molecule has 1 N–H and O–H groups in total. The van der Waals surface area contributed by atoms with E-state index in [1.807, 2.05) is 35.8 Å².